The Bertz CT molecular complexity index is 198. The maximum atomic E-state index is 10.7. The highest BCUT2D eigenvalue weighted by molar-refractivity contribution is 7.42. The lowest BCUT2D eigenvalue weighted by Gasteiger charge is -2.35. The van der Waals surface area contributed by atoms with Crippen molar-refractivity contribution < 1.29 is 25.2 Å². The number of aliphatic carboxylic acids is 1. The molecule has 0 aliphatic rings. The van der Waals surface area contributed by atoms with Gasteiger partial charge in [-0.3, -0.25) is 5.32 Å². The fourth-order valence-corrected chi connectivity index (χ4v) is 1.37. The second-order valence-electron chi connectivity index (χ2n) is 3.05. The van der Waals surface area contributed by atoms with Crippen LogP contribution in [-0.2, 0) is 4.79 Å². The number of rotatable bonds is 6. The van der Waals surface area contributed by atoms with E-state index in [-0.39, 0.29) is 0 Å². The minimum atomic E-state index is -1.49. The minimum absolute atomic E-state index is 0.572. The van der Waals surface area contributed by atoms with E-state index in [1.165, 1.54) is 0 Å². The summed E-state index contributed by atoms with van der Waals surface area (Å²) in [6.45, 7) is -1.71. The zero-order chi connectivity index (χ0) is 11.4. The van der Waals surface area contributed by atoms with Gasteiger partial charge in [0.25, 0.3) is 0 Å². The van der Waals surface area contributed by atoms with Gasteiger partial charge < -0.3 is 20.4 Å². The Morgan fingerprint density at radius 3 is 1.71 bits per heavy atom. The molecule has 0 aromatic heterocycles. The molecule has 0 aliphatic heterocycles. The molecule has 14 heavy (non-hydrogen) atoms. The van der Waals surface area contributed by atoms with Gasteiger partial charge in [-0.15, -0.1) is 0 Å². The van der Waals surface area contributed by atoms with Crippen molar-refractivity contribution in [2.45, 2.75) is 10.6 Å². The summed E-state index contributed by atoms with van der Waals surface area (Å²) in [6.07, 6.45) is 0. The third-order valence-corrected chi connectivity index (χ3v) is 2.52. The third kappa shape index (κ3) is 3.39. The highest BCUT2D eigenvalue weighted by Gasteiger charge is 2.38. The van der Waals surface area contributed by atoms with Crippen LogP contribution in [0.5, 0.6) is 0 Å². The molecule has 2 unspecified atom stereocenters. The lowest BCUT2D eigenvalue weighted by atomic mass is 10.0. The number of hydrogen-bond donors (Lipinski definition) is 5. The summed E-state index contributed by atoms with van der Waals surface area (Å²) in [6, 6.07) is 0. The van der Waals surface area contributed by atoms with Crippen molar-refractivity contribution in [2.24, 2.45) is 0 Å². The number of carboxylic acid groups (broad SMARTS) is 1. The van der Waals surface area contributed by atoms with Gasteiger partial charge in [0.1, 0.15) is 5.02 Å². The first kappa shape index (κ1) is 14.2. The Hall–Kier alpha value is 0.170. The zero-order valence-corrected chi connectivity index (χ0v) is 9.78. The molecule has 0 aromatic carbocycles. The number of carboxylic acids is 1. The van der Waals surface area contributed by atoms with Crippen molar-refractivity contribution in [3.8, 4) is 0 Å². The molecular formula is C6H15NO5P2. The maximum Gasteiger partial charge on any atom is 0.331 e. The average molecular weight is 243 g/mol. The molecule has 0 fully saturated rings. The molecule has 0 amide bonds. The molecule has 0 aliphatic carbocycles. The standard InChI is InChI=1S/C6H15NO5P2/c8-1-5(2-9,3-10)7-6(13,14)4(11)12/h7-10H,1-3,13-14H2,(H,11,12). The first-order valence-electron chi connectivity index (χ1n) is 3.76. The lowest BCUT2D eigenvalue weighted by molar-refractivity contribution is -0.139. The van der Waals surface area contributed by atoms with Crippen LogP contribution in [0.15, 0.2) is 0 Å². The summed E-state index contributed by atoms with van der Waals surface area (Å²) >= 11 is 0. The number of carbonyl (C=O) groups is 1. The summed E-state index contributed by atoms with van der Waals surface area (Å²) in [5, 5.41) is 36.5. The van der Waals surface area contributed by atoms with E-state index in [1.807, 2.05) is 18.5 Å². The van der Waals surface area contributed by atoms with E-state index in [2.05, 4.69) is 5.32 Å². The van der Waals surface area contributed by atoms with Crippen molar-refractivity contribution in [1.29, 1.82) is 0 Å². The smallest absolute Gasteiger partial charge is 0.331 e. The van der Waals surface area contributed by atoms with Crippen molar-refractivity contribution in [3.05, 3.63) is 0 Å². The molecule has 0 bridgehead atoms. The van der Waals surface area contributed by atoms with Gasteiger partial charge in [0.15, 0.2) is 0 Å². The highest BCUT2D eigenvalue weighted by atomic mass is 31.1. The van der Waals surface area contributed by atoms with E-state index < -0.39 is 36.3 Å². The van der Waals surface area contributed by atoms with Crippen molar-refractivity contribution in [1.82, 2.24) is 5.32 Å². The number of aliphatic hydroxyl groups excluding tert-OH is 3. The lowest BCUT2D eigenvalue weighted by Crippen LogP contribution is -2.62. The Morgan fingerprint density at radius 2 is 1.50 bits per heavy atom. The molecule has 5 N–H and O–H groups in total. The number of nitrogens with one attached hydrogen (secondary N) is 1. The molecule has 2 atom stereocenters. The topological polar surface area (TPSA) is 110 Å². The predicted molar refractivity (Wildman–Crippen MR) is 56.9 cm³/mol. The molecule has 0 saturated heterocycles. The van der Waals surface area contributed by atoms with Crippen molar-refractivity contribution in [3.63, 3.8) is 0 Å². The van der Waals surface area contributed by atoms with Crippen LogP contribution >= 0.6 is 18.5 Å². The first-order valence-corrected chi connectivity index (χ1v) is 4.92. The molecular weight excluding hydrogens is 228 g/mol. The van der Waals surface area contributed by atoms with E-state index in [0.717, 1.165) is 0 Å². The summed E-state index contributed by atoms with van der Waals surface area (Å²) in [4.78, 5) is 10.7. The van der Waals surface area contributed by atoms with Crippen LogP contribution < -0.4 is 5.32 Å². The van der Waals surface area contributed by atoms with E-state index in [9.17, 15) is 4.79 Å². The molecule has 0 radical (unpaired) electrons. The predicted octanol–water partition coefficient (Wildman–Crippen LogP) is -2.22. The Kier molecular flexibility index (Phi) is 5.37. The van der Waals surface area contributed by atoms with Crippen LogP contribution in [0.3, 0.4) is 0 Å². The summed E-state index contributed by atoms with van der Waals surface area (Å²) in [5.74, 6) is -1.20. The summed E-state index contributed by atoms with van der Waals surface area (Å²) in [5.41, 5.74) is -1.41. The maximum absolute atomic E-state index is 10.7. The van der Waals surface area contributed by atoms with Gasteiger partial charge in [0.2, 0.25) is 0 Å². The summed E-state index contributed by atoms with van der Waals surface area (Å²) < 4.78 is 0. The molecule has 0 saturated carbocycles. The Labute approximate surface area is 86.1 Å². The molecule has 0 rings (SSSR count). The van der Waals surface area contributed by atoms with Crippen LogP contribution in [-0.4, -0.2) is 56.8 Å². The Morgan fingerprint density at radius 1 is 1.14 bits per heavy atom. The average Bonchev–Trinajstić information content (AvgIpc) is 2.14. The van der Waals surface area contributed by atoms with Crippen molar-refractivity contribution >= 4 is 24.4 Å². The highest BCUT2D eigenvalue weighted by Crippen LogP contribution is 2.26. The normalized spacial score (nSPS) is 12.9. The second kappa shape index (κ2) is 5.31. The van der Waals surface area contributed by atoms with Crippen LogP contribution in [0.4, 0.5) is 0 Å². The largest absolute Gasteiger partial charge is 0.479 e. The van der Waals surface area contributed by atoms with Crippen LogP contribution in [0.1, 0.15) is 0 Å². The van der Waals surface area contributed by atoms with Crippen LogP contribution in [0, 0.1) is 0 Å². The van der Waals surface area contributed by atoms with Gasteiger partial charge in [-0.05, 0) is 0 Å². The molecule has 0 heterocycles. The van der Waals surface area contributed by atoms with E-state index in [4.69, 9.17) is 20.4 Å². The van der Waals surface area contributed by atoms with E-state index in [0.29, 0.717) is 0 Å². The number of hydrogen-bond acceptors (Lipinski definition) is 5. The molecule has 6 nitrogen and oxygen atoms in total. The SMILES string of the molecule is O=C(O)C(P)(P)NC(CO)(CO)CO. The fraction of sp³-hybridized carbons (Fsp3) is 0.833. The van der Waals surface area contributed by atoms with Gasteiger partial charge in [-0.2, -0.15) is 0 Å². The van der Waals surface area contributed by atoms with E-state index >= 15 is 0 Å². The van der Waals surface area contributed by atoms with Gasteiger partial charge in [0.05, 0.1) is 25.4 Å². The third-order valence-electron chi connectivity index (χ3n) is 1.73. The second-order valence-corrected chi connectivity index (χ2v) is 5.54. The van der Waals surface area contributed by atoms with Gasteiger partial charge >= 0.3 is 5.97 Å². The van der Waals surface area contributed by atoms with E-state index in [1.54, 1.807) is 0 Å². The van der Waals surface area contributed by atoms with Crippen LogP contribution in [0.2, 0.25) is 0 Å². The van der Waals surface area contributed by atoms with Crippen LogP contribution in [0.25, 0.3) is 0 Å². The van der Waals surface area contributed by atoms with Gasteiger partial charge in [-0.25, -0.2) is 4.79 Å². The van der Waals surface area contributed by atoms with Gasteiger partial charge in [-0.1, -0.05) is 18.5 Å². The Balaban J connectivity index is 4.67. The zero-order valence-electron chi connectivity index (χ0n) is 7.47. The summed E-state index contributed by atoms with van der Waals surface area (Å²) in [7, 11) is 4.00. The molecule has 8 heteroatoms. The number of aliphatic hydroxyl groups is 3. The fourth-order valence-electron chi connectivity index (χ4n) is 0.761. The van der Waals surface area contributed by atoms with Crippen molar-refractivity contribution in [2.75, 3.05) is 19.8 Å². The monoisotopic (exact) mass is 243 g/mol. The molecule has 0 aromatic rings. The minimum Gasteiger partial charge on any atom is -0.479 e. The molecule has 84 valence electrons. The quantitative estimate of drug-likeness (QED) is 0.338. The van der Waals surface area contributed by atoms with Gasteiger partial charge in [0, 0.05) is 0 Å². The molecule has 0 spiro atoms. The first-order chi connectivity index (χ1) is 6.33.